The molecule has 0 radical (unpaired) electrons. The maximum atomic E-state index is 10.6. The molecule has 0 aliphatic heterocycles. The fourth-order valence-electron chi connectivity index (χ4n) is 1.84. The van der Waals surface area contributed by atoms with Gasteiger partial charge in [-0.3, -0.25) is 15.5 Å². The van der Waals surface area contributed by atoms with Gasteiger partial charge >= 0.3 is 0 Å². The smallest absolute Gasteiger partial charge is 0.269 e. The molecule has 5 nitrogen and oxygen atoms in total. The number of rotatable bonds is 6. The molecule has 108 valence electrons. The number of hydrogen-bond donors (Lipinski definition) is 1. The number of nitro benzene ring substituents is 1. The SMILES string of the molecule is CC(CCc1ccccc1)=NNc1ccc([N+](=O)[O-])cc1. The van der Waals surface area contributed by atoms with E-state index >= 15 is 0 Å². The zero-order valence-electron chi connectivity index (χ0n) is 11.8. The highest BCUT2D eigenvalue weighted by molar-refractivity contribution is 5.82. The fraction of sp³-hybridized carbons (Fsp3) is 0.188. The zero-order chi connectivity index (χ0) is 15.1. The number of hydrogen-bond acceptors (Lipinski definition) is 4. The molecule has 0 saturated carbocycles. The Morgan fingerprint density at radius 1 is 1.14 bits per heavy atom. The second-order valence-corrected chi connectivity index (χ2v) is 4.75. The Bertz CT molecular complexity index is 622. The summed E-state index contributed by atoms with van der Waals surface area (Å²) < 4.78 is 0. The van der Waals surface area contributed by atoms with Crippen LogP contribution in [-0.4, -0.2) is 10.6 Å². The Labute approximate surface area is 123 Å². The summed E-state index contributed by atoms with van der Waals surface area (Å²) in [6, 6.07) is 16.4. The van der Waals surface area contributed by atoms with E-state index in [1.807, 2.05) is 25.1 Å². The van der Waals surface area contributed by atoms with Gasteiger partial charge in [-0.25, -0.2) is 0 Å². The summed E-state index contributed by atoms with van der Waals surface area (Å²) in [5, 5.41) is 14.8. The van der Waals surface area contributed by atoms with Crippen molar-refractivity contribution in [1.29, 1.82) is 0 Å². The third kappa shape index (κ3) is 4.72. The molecule has 0 heterocycles. The van der Waals surface area contributed by atoms with Crippen LogP contribution in [0.15, 0.2) is 59.7 Å². The van der Waals surface area contributed by atoms with Gasteiger partial charge in [-0.05, 0) is 37.5 Å². The predicted molar refractivity (Wildman–Crippen MR) is 84.6 cm³/mol. The van der Waals surface area contributed by atoms with Crippen LogP contribution in [0.4, 0.5) is 11.4 Å². The van der Waals surface area contributed by atoms with Gasteiger partial charge in [0.1, 0.15) is 0 Å². The highest BCUT2D eigenvalue weighted by Gasteiger charge is 2.03. The molecule has 0 fully saturated rings. The Kier molecular flexibility index (Phi) is 5.04. The molecule has 0 atom stereocenters. The van der Waals surface area contributed by atoms with Crippen LogP contribution in [0.1, 0.15) is 18.9 Å². The molecule has 2 aromatic rings. The summed E-state index contributed by atoms with van der Waals surface area (Å²) in [7, 11) is 0. The van der Waals surface area contributed by atoms with Crippen LogP contribution >= 0.6 is 0 Å². The molecular weight excluding hydrogens is 266 g/mol. The second-order valence-electron chi connectivity index (χ2n) is 4.75. The zero-order valence-corrected chi connectivity index (χ0v) is 11.8. The van der Waals surface area contributed by atoms with Crippen molar-refractivity contribution in [3.8, 4) is 0 Å². The molecule has 2 rings (SSSR count). The summed E-state index contributed by atoms with van der Waals surface area (Å²) in [6.07, 6.45) is 1.81. The van der Waals surface area contributed by atoms with Gasteiger partial charge in [-0.2, -0.15) is 5.10 Å². The predicted octanol–water partition coefficient (Wildman–Crippen LogP) is 4.02. The molecule has 1 N–H and O–H groups in total. The highest BCUT2D eigenvalue weighted by Crippen LogP contribution is 2.15. The van der Waals surface area contributed by atoms with Crippen LogP contribution in [0.5, 0.6) is 0 Å². The van der Waals surface area contributed by atoms with Gasteiger partial charge < -0.3 is 0 Å². The quantitative estimate of drug-likeness (QED) is 0.494. The average Bonchev–Trinajstić information content (AvgIpc) is 2.52. The van der Waals surface area contributed by atoms with Crippen LogP contribution in [0.2, 0.25) is 0 Å². The van der Waals surface area contributed by atoms with Crippen LogP contribution < -0.4 is 5.43 Å². The summed E-state index contributed by atoms with van der Waals surface area (Å²) in [5.41, 5.74) is 5.99. The molecule has 0 saturated heterocycles. The van der Waals surface area contributed by atoms with Crippen LogP contribution in [0.3, 0.4) is 0 Å². The second kappa shape index (κ2) is 7.19. The first-order chi connectivity index (χ1) is 10.1. The van der Waals surface area contributed by atoms with E-state index in [-0.39, 0.29) is 5.69 Å². The maximum absolute atomic E-state index is 10.6. The first kappa shape index (κ1) is 14.7. The van der Waals surface area contributed by atoms with Gasteiger partial charge in [0.2, 0.25) is 0 Å². The fourth-order valence-corrected chi connectivity index (χ4v) is 1.84. The standard InChI is InChI=1S/C16H17N3O2/c1-13(7-8-14-5-3-2-4-6-14)17-18-15-9-11-16(12-10-15)19(20)21/h2-6,9-12,18H,7-8H2,1H3. The number of aryl methyl sites for hydroxylation is 1. The van der Waals surface area contributed by atoms with Gasteiger partial charge in [0, 0.05) is 17.8 Å². The highest BCUT2D eigenvalue weighted by atomic mass is 16.6. The number of nitro groups is 1. The Hall–Kier alpha value is -2.69. The molecule has 0 bridgehead atoms. The number of nitrogens with zero attached hydrogens (tertiary/aromatic N) is 2. The number of anilines is 1. The van der Waals surface area contributed by atoms with Crippen molar-refractivity contribution < 1.29 is 4.92 Å². The lowest BCUT2D eigenvalue weighted by atomic mass is 10.1. The lowest BCUT2D eigenvalue weighted by molar-refractivity contribution is -0.384. The Morgan fingerprint density at radius 3 is 2.43 bits per heavy atom. The van der Waals surface area contributed by atoms with Gasteiger partial charge in [-0.1, -0.05) is 30.3 Å². The van der Waals surface area contributed by atoms with E-state index in [0.29, 0.717) is 0 Å². The van der Waals surface area contributed by atoms with Crippen LogP contribution in [0, 0.1) is 10.1 Å². The van der Waals surface area contributed by atoms with Gasteiger partial charge in [0.15, 0.2) is 0 Å². The van der Waals surface area contributed by atoms with Gasteiger partial charge in [0.05, 0.1) is 10.6 Å². The molecule has 0 unspecified atom stereocenters. The minimum absolute atomic E-state index is 0.0744. The van der Waals surface area contributed by atoms with Crippen molar-refractivity contribution in [1.82, 2.24) is 0 Å². The molecule has 5 heteroatoms. The maximum Gasteiger partial charge on any atom is 0.269 e. The van der Waals surface area contributed by atoms with E-state index in [1.54, 1.807) is 12.1 Å². The number of non-ortho nitro benzene ring substituents is 1. The number of benzene rings is 2. The molecule has 0 amide bonds. The summed E-state index contributed by atoms with van der Waals surface area (Å²) in [6.45, 7) is 1.96. The third-order valence-corrected chi connectivity index (χ3v) is 3.07. The minimum Gasteiger partial charge on any atom is -0.279 e. The average molecular weight is 283 g/mol. The molecule has 0 aromatic heterocycles. The van der Waals surface area contributed by atoms with Crippen molar-refractivity contribution in [2.75, 3.05) is 5.43 Å². The monoisotopic (exact) mass is 283 g/mol. The molecule has 21 heavy (non-hydrogen) atoms. The molecule has 0 aliphatic rings. The molecular formula is C16H17N3O2. The van der Waals surface area contributed by atoms with E-state index in [0.717, 1.165) is 24.2 Å². The summed E-state index contributed by atoms with van der Waals surface area (Å²) >= 11 is 0. The minimum atomic E-state index is -0.418. The van der Waals surface area contributed by atoms with E-state index in [1.165, 1.54) is 17.7 Å². The van der Waals surface area contributed by atoms with Crippen molar-refractivity contribution in [3.63, 3.8) is 0 Å². The van der Waals surface area contributed by atoms with Crippen molar-refractivity contribution in [3.05, 3.63) is 70.3 Å². The Balaban J connectivity index is 1.86. The van der Waals surface area contributed by atoms with Crippen LogP contribution in [-0.2, 0) is 6.42 Å². The molecule has 0 spiro atoms. The summed E-state index contributed by atoms with van der Waals surface area (Å²) in [5.74, 6) is 0. The van der Waals surface area contributed by atoms with Crippen LogP contribution in [0.25, 0.3) is 0 Å². The number of nitrogens with one attached hydrogen (secondary N) is 1. The summed E-state index contributed by atoms with van der Waals surface area (Å²) in [4.78, 5) is 10.1. The van der Waals surface area contributed by atoms with Crippen molar-refractivity contribution in [2.45, 2.75) is 19.8 Å². The van der Waals surface area contributed by atoms with Gasteiger partial charge in [-0.15, -0.1) is 0 Å². The Morgan fingerprint density at radius 2 is 1.81 bits per heavy atom. The van der Waals surface area contributed by atoms with Crippen molar-refractivity contribution >= 4 is 17.1 Å². The normalized spacial score (nSPS) is 11.2. The van der Waals surface area contributed by atoms with E-state index in [4.69, 9.17) is 0 Å². The van der Waals surface area contributed by atoms with E-state index in [2.05, 4.69) is 22.7 Å². The van der Waals surface area contributed by atoms with E-state index in [9.17, 15) is 10.1 Å². The molecule has 2 aromatic carbocycles. The largest absolute Gasteiger partial charge is 0.279 e. The lowest BCUT2D eigenvalue weighted by Crippen LogP contribution is -2.00. The van der Waals surface area contributed by atoms with Gasteiger partial charge in [0.25, 0.3) is 5.69 Å². The van der Waals surface area contributed by atoms with Crippen molar-refractivity contribution in [2.24, 2.45) is 5.10 Å². The van der Waals surface area contributed by atoms with E-state index < -0.39 is 4.92 Å². The first-order valence-corrected chi connectivity index (χ1v) is 6.73. The first-order valence-electron chi connectivity index (χ1n) is 6.73. The lowest BCUT2D eigenvalue weighted by Gasteiger charge is -2.04. The topological polar surface area (TPSA) is 67.5 Å². The molecule has 0 aliphatic carbocycles. The third-order valence-electron chi connectivity index (χ3n) is 3.07. The number of hydrazone groups is 1.